The molecular weight excluding hydrogens is 267 g/mol. The molecule has 2 saturated heterocycles. The first-order valence-corrected chi connectivity index (χ1v) is 7.90. The van der Waals surface area contributed by atoms with Gasteiger partial charge in [0.25, 0.3) is 0 Å². The standard InChI is InChI=1S/C17H23FN2O/c1-2-3-16(21)19-10-8-17(13-19)9-11-20(17)12-14-4-6-15(18)7-5-14/h4-7H,2-3,8-13H2,1H3. The van der Waals surface area contributed by atoms with Crippen LogP contribution in [0.4, 0.5) is 4.39 Å². The van der Waals surface area contributed by atoms with E-state index in [0.29, 0.717) is 12.3 Å². The van der Waals surface area contributed by atoms with Crippen LogP contribution in [0.2, 0.25) is 0 Å². The number of halogens is 1. The third kappa shape index (κ3) is 2.82. The lowest BCUT2D eigenvalue weighted by Crippen LogP contribution is -2.60. The number of amides is 1. The number of benzene rings is 1. The lowest BCUT2D eigenvalue weighted by Gasteiger charge is -2.50. The van der Waals surface area contributed by atoms with Gasteiger partial charge in [-0.05, 0) is 37.0 Å². The van der Waals surface area contributed by atoms with Gasteiger partial charge in [-0.2, -0.15) is 0 Å². The Bertz CT molecular complexity index is 516. The highest BCUT2D eigenvalue weighted by Crippen LogP contribution is 2.40. The molecule has 0 aromatic heterocycles. The second kappa shape index (κ2) is 5.76. The van der Waals surface area contributed by atoms with E-state index in [1.807, 2.05) is 24.0 Å². The zero-order valence-corrected chi connectivity index (χ0v) is 12.6. The van der Waals surface area contributed by atoms with Crippen molar-refractivity contribution >= 4 is 5.91 Å². The van der Waals surface area contributed by atoms with Crippen LogP contribution in [0, 0.1) is 5.82 Å². The first kappa shape index (κ1) is 14.5. The number of nitrogens with zero attached hydrogens (tertiary/aromatic N) is 2. The molecule has 3 nitrogen and oxygen atoms in total. The van der Waals surface area contributed by atoms with Gasteiger partial charge < -0.3 is 4.90 Å². The molecule has 1 atom stereocenters. The molecule has 114 valence electrons. The van der Waals surface area contributed by atoms with Gasteiger partial charge in [0.1, 0.15) is 5.82 Å². The van der Waals surface area contributed by atoms with Crippen molar-refractivity contribution in [1.82, 2.24) is 9.80 Å². The summed E-state index contributed by atoms with van der Waals surface area (Å²) < 4.78 is 13.0. The van der Waals surface area contributed by atoms with E-state index in [9.17, 15) is 9.18 Å². The normalized spacial score (nSPS) is 25.3. The average Bonchev–Trinajstić information content (AvgIpc) is 2.93. The maximum absolute atomic E-state index is 13.0. The zero-order chi connectivity index (χ0) is 14.9. The van der Waals surface area contributed by atoms with Crippen LogP contribution in [0.25, 0.3) is 0 Å². The van der Waals surface area contributed by atoms with Crippen LogP contribution in [0.1, 0.15) is 38.2 Å². The van der Waals surface area contributed by atoms with Gasteiger partial charge in [0, 0.05) is 38.1 Å². The number of hydrogen-bond donors (Lipinski definition) is 0. The highest BCUT2D eigenvalue weighted by Gasteiger charge is 2.49. The van der Waals surface area contributed by atoms with Crippen molar-refractivity contribution in [1.29, 1.82) is 0 Å². The van der Waals surface area contributed by atoms with Crippen LogP contribution >= 0.6 is 0 Å². The monoisotopic (exact) mass is 290 g/mol. The molecule has 3 rings (SSSR count). The second-order valence-electron chi connectivity index (χ2n) is 6.34. The highest BCUT2D eigenvalue weighted by molar-refractivity contribution is 5.76. The summed E-state index contributed by atoms with van der Waals surface area (Å²) in [7, 11) is 0. The molecule has 0 N–H and O–H groups in total. The Hall–Kier alpha value is -1.42. The topological polar surface area (TPSA) is 23.6 Å². The molecule has 1 aromatic rings. The van der Waals surface area contributed by atoms with E-state index in [-0.39, 0.29) is 11.4 Å². The van der Waals surface area contributed by atoms with Crippen LogP contribution in [0.15, 0.2) is 24.3 Å². The van der Waals surface area contributed by atoms with Gasteiger partial charge in [-0.15, -0.1) is 0 Å². The predicted octanol–water partition coefficient (Wildman–Crippen LogP) is 2.80. The summed E-state index contributed by atoms with van der Waals surface area (Å²) in [6.07, 6.45) is 3.82. The number of rotatable bonds is 4. The fourth-order valence-corrected chi connectivity index (χ4v) is 3.55. The molecule has 1 unspecified atom stereocenters. The average molecular weight is 290 g/mol. The van der Waals surface area contributed by atoms with Crippen LogP contribution in [-0.2, 0) is 11.3 Å². The van der Waals surface area contributed by atoms with Gasteiger partial charge in [0.15, 0.2) is 0 Å². The van der Waals surface area contributed by atoms with Gasteiger partial charge in [-0.3, -0.25) is 9.69 Å². The number of carbonyl (C=O) groups is 1. The Morgan fingerprint density at radius 1 is 1.24 bits per heavy atom. The number of likely N-dealkylation sites (tertiary alicyclic amines) is 2. The Morgan fingerprint density at radius 2 is 1.95 bits per heavy atom. The minimum Gasteiger partial charge on any atom is -0.341 e. The molecule has 4 heteroatoms. The Morgan fingerprint density at radius 3 is 2.57 bits per heavy atom. The van der Waals surface area contributed by atoms with Crippen LogP contribution in [-0.4, -0.2) is 40.9 Å². The predicted molar refractivity (Wildman–Crippen MR) is 80.3 cm³/mol. The van der Waals surface area contributed by atoms with Gasteiger partial charge in [0.2, 0.25) is 5.91 Å². The van der Waals surface area contributed by atoms with E-state index in [0.717, 1.165) is 44.6 Å². The van der Waals surface area contributed by atoms with Crippen molar-refractivity contribution in [2.45, 2.75) is 44.7 Å². The molecule has 2 fully saturated rings. The van der Waals surface area contributed by atoms with Crippen LogP contribution in [0.3, 0.4) is 0 Å². The second-order valence-corrected chi connectivity index (χ2v) is 6.34. The fraction of sp³-hybridized carbons (Fsp3) is 0.588. The third-order valence-electron chi connectivity index (χ3n) is 4.95. The Kier molecular flexibility index (Phi) is 3.98. The van der Waals surface area contributed by atoms with Gasteiger partial charge >= 0.3 is 0 Å². The number of hydrogen-bond acceptors (Lipinski definition) is 2. The zero-order valence-electron chi connectivity index (χ0n) is 12.6. The summed E-state index contributed by atoms with van der Waals surface area (Å²) in [5, 5.41) is 0. The lowest BCUT2D eigenvalue weighted by atomic mass is 9.83. The van der Waals surface area contributed by atoms with Crippen molar-refractivity contribution in [3.63, 3.8) is 0 Å². The largest absolute Gasteiger partial charge is 0.341 e. The van der Waals surface area contributed by atoms with Crippen molar-refractivity contribution in [3.05, 3.63) is 35.6 Å². The van der Waals surface area contributed by atoms with Crippen molar-refractivity contribution in [2.75, 3.05) is 19.6 Å². The van der Waals surface area contributed by atoms with Gasteiger partial charge in [-0.25, -0.2) is 4.39 Å². The third-order valence-corrected chi connectivity index (χ3v) is 4.95. The first-order chi connectivity index (χ1) is 10.1. The molecule has 2 heterocycles. The molecule has 1 aromatic carbocycles. The van der Waals surface area contributed by atoms with E-state index >= 15 is 0 Å². The fourth-order valence-electron chi connectivity index (χ4n) is 3.55. The van der Waals surface area contributed by atoms with E-state index in [4.69, 9.17) is 0 Å². The van der Waals surface area contributed by atoms with Gasteiger partial charge in [-0.1, -0.05) is 19.1 Å². The molecule has 0 aliphatic carbocycles. The van der Waals surface area contributed by atoms with Crippen LogP contribution < -0.4 is 0 Å². The quantitative estimate of drug-likeness (QED) is 0.851. The Balaban J connectivity index is 1.62. The molecule has 0 saturated carbocycles. The molecule has 21 heavy (non-hydrogen) atoms. The highest BCUT2D eigenvalue weighted by atomic mass is 19.1. The molecular formula is C17H23FN2O. The molecule has 1 spiro atoms. The summed E-state index contributed by atoms with van der Waals surface area (Å²) >= 11 is 0. The van der Waals surface area contributed by atoms with E-state index in [1.165, 1.54) is 18.6 Å². The molecule has 0 bridgehead atoms. The van der Waals surface area contributed by atoms with Crippen molar-refractivity contribution in [3.8, 4) is 0 Å². The summed E-state index contributed by atoms with van der Waals surface area (Å²) in [6, 6.07) is 6.76. The number of carbonyl (C=O) groups excluding carboxylic acids is 1. The SMILES string of the molecule is CCCC(=O)N1CCC2(CCN2Cc2ccc(F)cc2)C1. The maximum atomic E-state index is 13.0. The van der Waals surface area contributed by atoms with Crippen molar-refractivity contribution in [2.24, 2.45) is 0 Å². The summed E-state index contributed by atoms with van der Waals surface area (Å²) in [5.41, 5.74) is 1.33. The minimum absolute atomic E-state index is 0.178. The van der Waals surface area contributed by atoms with E-state index in [1.54, 1.807) is 0 Å². The lowest BCUT2D eigenvalue weighted by molar-refractivity contribution is -0.131. The minimum atomic E-state index is -0.186. The van der Waals surface area contributed by atoms with E-state index in [2.05, 4.69) is 4.90 Å². The van der Waals surface area contributed by atoms with Crippen molar-refractivity contribution < 1.29 is 9.18 Å². The molecule has 2 aliphatic heterocycles. The molecule has 0 radical (unpaired) electrons. The summed E-state index contributed by atoms with van der Waals surface area (Å²) in [4.78, 5) is 16.5. The van der Waals surface area contributed by atoms with Gasteiger partial charge in [0.05, 0.1) is 0 Å². The van der Waals surface area contributed by atoms with Crippen LogP contribution in [0.5, 0.6) is 0 Å². The summed E-state index contributed by atoms with van der Waals surface area (Å²) in [5.74, 6) is 0.109. The first-order valence-electron chi connectivity index (χ1n) is 7.90. The molecule has 2 aliphatic rings. The van der Waals surface area contributed by atoms with E-state index < -0.39 is 0 Å². The Labute approximate surface area is 125 Å². The molecule has 1 amide bonds. The maximum Gasteiger partial charge on any atom is 0.222 e. The summed E-state index contributed by atoms with van der Waals surface area (Å²) in [6.45, 7) is 5.74. The smallest absolute Gasteiger partial charge is 0.222 e.